The highest BCUT2D eigenvalue weighted by atomic mass is 19.1. The Kier molecular flexibility index (Phi) is 6.68. The molecule has 1 aromatic heterocycles. The number of benzene rings is 3. The molecule has 1 atom stereocenters. The van der Waals surface area contributed by atoms with E-state index < -0.39 is 29.5 Å². The molecule has 4 aromatic rings. The van der Waals surface area contributed by atoms with E-state index in [0.717, 1.165) is 5.56 Å². The molecule has 170 valence electrons. The molecular weight excluding hydrogens is 438 g/mol. The lowest BCUT2D eigenvalue weighted by Crippen LogP contribution is -2.42. The summed E-state index contributed by atoms with van der Waals surface area (Å²) in [6, 6.07) is 16.5. The highest BCUT2D eigenvalue weighted by Gasteiger charge is 2.35. The first kappa shape index (κ1) is 22.7. The van der Waals surface area contributed by atoms with E-state index in [1.165, 1.54) is 72.0 Å². The van der Waals surface area contributed by atoms with Crippen molar-refractivity contribution >= 4 is 23.2 Å². The van der Waals surface area contributed by atoms with E-state index in [-0.39, 0.29) is 5.69 Å². The molecule has 6 nitrogen and oxygen atoms in total. The van der Waals surface area contributed by atoms with Crippen LogP contribution >= 0.6 is 0 Å². The van der Waals surface area contributed by atoms with Crippen molar-refractivity contribution in [1.29, 1.82) is 0 Å². The molecule has 34 heavy (non-hydrogen) atoms. The fourth-order valence-electron chi connectivity index (χ4n) is 3.55. The summed E-state index contributed by atoms with van der Waals surface area (Å²) in [6.07, 6.45) is 4.10. The average Bonchev–Trinajstić information content (AvgIpc) is 2.85. The summed E-state index contributed by atoms with van der Waals surface area (Å²) >= 11 is 0. The van der Waals surface area contributed by atoms with Crippen LogP contribution < -0.4 is 10.2 Å². The van der Waals surface area contributed by atoms with Crippen LogP contribution in [0, 0.1) is 18.6 Å². The van der Waals surface area contributed by atoms with Crippen molar-refractivity contribution in [3.05, 3.63) is 120 Å². The summed E-state index contributed by atoms with van der Waals surface area (Å²) < 4.78 is 27.1. The third-order valence-electron chi connectivity index (χ3n) is 5.21. The predicted octanol–water partition coefficient (Wildman–Crippen LogP) is 5.09. The SMILES string of the molecule is Cc1ccccc1[C@@H](C(=O)Nc1ccc(F)cc1)N(C(=O)c1cnccn1)c1ccc(F)cc1. The Morgan fingerprint density at radius 2 is 1.53 bits per heavy atom. The normalized spacial score (nSPS) is 11.5. The molecule has 2 amide bonds. The molecule has 0 aliphatic rings. The van der Waals surface area contributed by atoms with Gasteiger partial charge < -0.3 is 5.32 Å². The number of anilines is 2. The van der Waals surface area contributed by atoms with Crippen LogP contribution in [0.25, 0.3) is 0 Å². The standard InChI is InChI=1S/C26H20F2N4O2/c1-17-4-2-3-5-22(17)24(25(33)31-20-10-6-18(27)7-11-20)32(21-12-8-19(28)9-13-21)26(34)23-16-29-14-15-30-23/h2-16,24H,1H3,(H,31,33)/t24-/m0/s1. The molecule has 0 fully saturated rings. The molecule has 8 heteroatoms. The van der Waals surface area contributed by atoms with Gasteiger partial charge in [-0.25, -0.2) is 13.8 Å². The molecule has 0 aliphatic carbocycles. The molecule has 1 heterocycles. The van der Waals surface area contributed by atoms with Crippen molar-refractivity contribution in [3.63, 3.8) is 0 Å². The summed E-state index contributed by atoms with van der Waals surface area (Å²) in [7, 11) is 0. The second-order valence-corrected chi connectivity index (χ2v) is 7.50. The van der Waals surface area contributed by atoms with Gasteiger partial charge in [0.1, 0.15) is 23.4 Å². The van der Waals surface area contributed by atoms with Crippen LogP contribution in [0.1, 0.15) is 27.7 Å². The lowest BCUT2D eigenvalue weighted by Gasteiger charge is -2.32. The highest BCUT2D eigenvalue weighted by molar-refractivity contribution is 6.11. The van der Waals surface area contributed by atoms with Gasteiger partial charge >= 0.3 is 0 Å². The summed E-state index contributed by atoms with van der Waals surface area (Å²) in [5.74, 6) is -2.07. The van der Waals surface area contributed by atoms with Crippen LogP contribution in [0.2, 0.25) is 0 Å². The summed E-state index contributed by atoms with van der Waals surface area (Å²) in [5.41, 5.74) is 1.99. The molecule has 0 bridgehead atoms. The zero-order valence-corrected chi connectivity index (χ0v) is 18.2. The van der Waals surface area contributed by atoms with Gasteiger partial charge in [-0.3, -0.25) is 19.5 Å². The maximum atomic E-state index is 13.7. The molecule has 0 saturated heterocycles. The maximum Gasteiger partial charge on any atom is 0.279 e. The molecule has 3 aromatic carbocycles. The van der Waals surface area contributed by atoms with Gasteiger partial charge in [0.2, 0.25) is 0 Å². The topological polar surface area (TPSA) is 75.2 Å². The molecule has 0 unspecified atom stereocenters. The van der Waals surface area contributed by atoms with Crippen LogP contribution in [0.4, 0.5) is 20.2 Å². The Balaban J connectivity index is 1.85. The number of halogens is 2. The van der Waals surface area contributed by atoms with Gasteiger partial charge in [-0.15, -0.1) is 0 Å². The highest BCUT2D eigenvalue weighted by Crippen LogP contribution is 2.32. The number of hydrogen-bond acceptors (Lipinski definition) is 4. The van der Waals surface area contributed by atoms with Gasteiger partial charge in [0.25, 0.3) is 11.8 Å². The first-order valence-corrected chi connectivity index (χ1v) is 10.4. The maximum absolute atomic E-state index is 13.7. The number of aryl methyl sites for hydroxylation is 1. The minimum Gasteiger partial charge on any atom is -0.324 e. The lowest BCUT2D eigenvalue weighted by atomic mass is 9.97. The minimum absolute atomic E-state index is 0.0139. The molecule has 0 aliphatic heterocycles. The number of nitrogens with one attached hydrogen (secondary N) is 1. The van der Waals surface area contributed by atoms with Crippen LogP contribution in [0.15, 0.2) is 91.4 Å². The van der Waals surface area contributed by atoms with Crippen molar-refractivity contribution in [1.82, 2.24) is 9.97 Å². The Morgan fingerprint density at radius 1 is 0.882 bits per heavy atom. The smallest absolute Gasteiger partial charge is 0.279 e. The van der Waals surface area contributed by atoms with E-state index in [2.05, 4.69) is 15.3 Å². The van der Waals surface area contributed by atoms with Crippen molar-refractivity contribution in [2.45, 2.75) is 13.0 Å². The van der Waals surface area contributed by atoms with Gasteiger partial charge in [0, 0.05) is 23.8 Å². The second kappa shape index (κ2) is 9.99. The first-order chi connectivity index (χ1) is 16.4. The summed E-state index contributed by atoms with van der Waals surface area (Å²) in [5, 5.41) is 2.75. The van der Waals surface area contributed by atoms with E-state index in [1.807, 2.05) is 19.1 Å². The molecule has 0 saturated carbocycles. The van der Waals surface area contributed by atoms with Gasteiger partial charge in [-0.05, 0) is 66.6 Å². The number of hydrogen-bond donors (Lipinski definition) is 1. The Morgan fingerprint density at radius 3 is 2.15 bits per heavy atom. The summed E-state index contributed by atoms with van der Waals surface area (Å²) in [6.45, 7) is 1.82. The van der Waals surface area contributed by atoms with Crippen molar-refractivity contribution in [3.8, 4) is 0 Å². The zero-order chi connectivity index (χ0) is 24.1. The Labute approximate surface area is 194 Å². The van der Waals surface area contributed by atoms with E-state index in [0.29, 0.717) is 16.9 Å². The fourth-order valence-corrected chi connectivity index (χ4v) is 3.55. The molecule has 0 radical (unpaired) electrons. The number of nitrogens with zero attached hydrogens (tertiary/aromatic N) is 3. The van der Waals surface area contributed by atoms with Gasteiger partial charge in [-0.1, -0.05) is 24.3 Å². The molecular formula is C26H20F2N4O2. The van der Waals surface area contributed by atoms with Crippen LogP contribution in [0.5, 0.6) is 0 Å². The van der Waals surface area contributed by atoms with Crippen LogP contribution in [0.3, 0.4) is 0 Å². The van der Waals surface area contributed by atoms with Gasteiger partial charge in [0.15, 0.2) is 0 Å². The lowest BCUT2D eigenvalue weighted by molar-refractivity contribution is -0.117. The van der Waals surface area contributed by atoms with E-state index in [9.17, 15) is 18.4 Å². The zero-order valence-electron chi connectivity index (χ0n) is 18.2. The summed E-state index contributed by atoms with van der Waals surface area (Å²) in [4.78, 5) is 36.6. The second-order valence-electron chi connectivity index (χ2n) is 7.50. The van der Waals surface area contributed by atoms with Crippen LogP contribution in [-0.2, 0) is 4.79 Å². The number of amides is 2. The quantitative estimate of drug-likeness (QED) is 0.437. The Bertz CT molecular complexity index is 1300. The van der Waals surface area contributed by atoms with Crippen molar-refractivity contribution in [2.24, 2.45) is 0 Å². The number of rotatable bonds is 6. The average molecular weight is 458 g/mol. The molecule has 0 spiro atoms. The largest absolute Gasteiger partial charge is 0.324 e. The minimum atomic E-state index is -1.15. The third kappa shape index (κ3) is 4.96. The molecule has 4 rings (SSSR count). The molecule has 1 N–H and O–H groups in total. The van der Waals surface area contributed by atoms with E-state index in [4.69, 9.17) is 0 Å². The number of carbonyl (C=O) groups excluding carboxylic acids is 2. The monoisotopic (exact) mass is 458 g/mol. The first-order valence-electron chi connectivity index (χ1n) is 10.4. The number of aromatic nitrogens is 2. The number of carbonyl (C=O) groups is 2. The fraction of sp³-hybridized carbons (Fsp3) is 0.0769. The van der Waals surface area contributed by atoms with E-state index >= 15 is 0 Å². The predicted molar refractivity (Wildman–Crippen MR) is 124 cm³/mol. The Hall–Kier alpha value is -4.46. The van der Waals surface area contributed by atoms with Crippen molar-refractivity contribution in [2.75, 3.05) is 10.2 Å². The van der Waals surface area contributed by atoms with Crippen molar-refractivity contribution < 1.29 is 18.4 Å². The van der Waals surface area contributed by atoms with E-state index in [1.54, 1.807) is 12.1 Å². The van der Waals surface area contributed by atoms with Crippen LogP contribution in [-0.4, -0.2) is 21.8 Å². The van der Waals surface area contributed by atoms with Gasteiger partial charge in [0.05, 0.1) is 6.20 Å². The van der Waals surface area contributed by atoms with Gasteiger partial charge in [-0.2, -0.15) is 0 Å². The third-order valence-corrected chi connectivity index (χ3v) is 5.21.